The van der Waals surface area contributed by atoms with Crippen molar-refractivity contribution in [1.82, 2.24) is 14.8 Å². The van der Waals surface area contributed by atoms with Crippen LogP contribution in [0.4, 0.5) is 11.5 Å². The first-order valence-electron chi connectivity index (χ1n) is 11.2. The Morgan fingerprint density at radius 2 is 1.32 bits per heavy atom. The second-order valence-corrected chi connectivity index (χ2v) is 8.31. The molecule has 0 aliphatic carbocycles. The van der Waals surface area contributed by atoms with Gasteiger partial charge in [-0.25, -0.2) is 4.98 Å². The maximum atomic E-state index is 4.61. The van der Waals surface area contributed by atoms with Crippen molar-refractivity contribution in [1.29, 1.82) is 0 Å². The van der Waals surface area contributed by atoms with Crippen LogP contribution in [-0.2, 0) is 16.5 Å². The molecule has 0 amide bonds. The fraction of sp³-hybridized carbons (Fsp3) is 0.107. The molecule has 3 heterocycles. The first kappa shape index (κ1) is 22.3. The average Bonchev–Trinajstić information content (AvgIpc) is 3.54. The topological polar surface area (TPSA) is 25.9 Å². The molecule has 0 atom stereocenters. The van der Waals surface area contributed by atoms with E-state index in [-0.39, 0.29) is 16.5 Å². The maximum Gasteiger partial charge on any atom is 3.00 e. The van der Waals surface area contributed by atoms with Gasteiger partial charge in [0.15, 0.2) is 0 Å². The summed E-state index contributed by atoms with van der Waals surface area (Å²) >= 11 is 0. The smallest absolute Gasteiger partial charge is 0.508 e. The van der Waals surface area contributed by atoms with E-state index < -0.39 is 0 Å². The Morgan fingerprint density at radius 1 is 0.706 bits per heavy atom. The molecular weight excluding hydrogens is 465 g/mol. The molecular formula is C28H24N5Ni. The molecule has 2 aliphatic heterocycles. The van der Waals surface area contributed by atoms with Gasteiger partial charge >= 0.3 is 16.5 Å². The number of fused-ring (bicyclic) bond motifs is 2. The number of rotatable bonds is 6. The van der Waals surface area contributed by atoms with Gasteiger partial charge < -0.3 is 19.6 Å². The van der Waals surface area contributed by atoms with Gasteiger partial charge in [0, 0.05) is 11.6 Å². The minimum atomic E-state index is 0. The third-order valence-electron chi connectivity index (χ3n) is 6.04. The molecule has 0 unspecified atom stereocenters. The molecule has 3 aromatic carbocycles. The molecule has 4 aromatic rings. The monoisotopic (exact) mass is 488 g/mol. The van der Waals surface area contributed by atoms with Crippen LogP contribution in [-0.4, -0.2) is 27.9 Å². The van der Waals surface area contributed by atoms with E-state index in [0.29, 0.717) is 0 Å². The molecule has 0 N–H and O–H groups in total. The van der Waals surface area contributed by atoms with Gasteiger partial charge in [-0.15, -0.1) is 35.3 Å². The number of nitrogens with zero attached hydrogens (tertiary/aromatic N) is 5. The number of aromatic nitrogens is 1. The van der Waals surface area contributed by atoms with E-state index in [1.54, 1.807) is 0 Å². The van der Waals surface area contributed by atoms with Gasteiger partial charge in [-0.1, -0.05) is 42.5 Å². The van der Waals surface area contributed by atoms with Gasteiger partial charge in [0.05, 0.1) is 0 Å². The van der Waals surface area contributed by atoms with Crippen LogP contribution in [0.5, 0.6) is 0 Å². The summed E-state index contributed by atoms with van der Waals surface area (Å²) in [7, 11) is 0. The number of pyridine rings is 1. The first-order valence-corrected chi connectivity index (χ1v) is 11.2. The molecule has 6 heteroatoms. The fourth-order valence-electron chi connectivity index (χ4n) is 4.24. The van der Waals surface area contributed by atoms with Gasteiger partial charge in [0.2, 0.25) is 0 Å². The van der Waals surface area contributed by atoms with Crippen molar-refractivity contribution in [3.63, 3.8) is 0 Å². The zero-order valence-electron chi connectivity index (χ0n) is 18.6. The van der Waals surface area contributed by atoms with Crippen molar-refractivity contribution < 1.29 is 16.5 Å². The molecule has 0 spiro atoms. The normalized spacial score (nSPS) is 15.1. The van der Waals surface area contributed by atoms with Crippen molar-refractivity contribution in [2.24, 2.45) is 0 Å². The molecule has 5 nitrogen and oxygen atoms in total. The molecule has 1 radical (unpaired) electrons. The number of anilines is 2. The minimum Gasteiger partial charge on any atom is -0.508 e. The molecule has 2 aliphatic rings. The van der Waals surface area contributed by atoms with Crippen molar-refractivity contribution >= 4 is 33.1 Å². The molecule has 0 saturated carbocycles. The Hall–Kier alpha value is -3.50. The van der Waals surface area contributed by atoms with E-state index in [1.807, 2.05) is 12.3 Å². The summed E-state index contributed by atoms with van der Waals surface area (Å²) in [4.78, 5) is 13.3. The van der Waals surface area contributed by atoms with E-state index in [2.05, 4.69) is 129 Å². The largest absolute Gasteiger partial charge is 3.00 e. The summed E-state index contributed by atoms with van der Waals surface area (Å²) in [5.74, 6) is 0.936. The Balaban J connectivity index is 0.00000241. The maximum absolute atomic E-state index is 4.61. The summed E-state index contributed by atoms with van der Waals surface area (Å²) < 4.78 is 0. The molecule has 34 heavy (non-hydrogen) atoms. The predicted molar refractivity (Wildman–Crippen MR) is 134 cm³/mol. The van der Waals surface area contributed by atoms with E-state index in [1.165, 1.54) is 16.2 Å². The second-order valence-electron chi connectivity index (χ2n) is 8.31. The van der Waals surface area contributed by atoms with E-state index >= 15 is 0 Å². The van der Waals surface area contributed by atoms with Gasteiger partial charge in [-0.2, -0.15) is 18.8 Å². The molecule has 0 bridgehead atoms. The summed E-state index contributed by atoms with van der Waals surface area (Å²) in [5.41, 5.74) is 1.06. The van der Waals surface area contributed by atoms with E-state index in [9.17, 15) is 0 Å². The second kappa shape index (κ2) is 9.78. The van der Waals surface area contributed by atoms with Crippen molar-refractivity contribution in [2.75, 3.05) is 22.9 Å². The van der Waals surface area contributed by atoms with Crippen LogP contribution in [0.2, 0.25) is 0 Å². The third kappa shape index (κ3) is 4.59. The van der Waals surface area contributed by atoms with Crippen LogP contribution in [0.3, 0.4) is 0 Å². The summed E-state index contributed by atoms with van der Waals surface area (Å²) in [6, 6.07) is 26.5. The van der Waals surface area contributed by atoms with Gasteiger partial charge in [0.1, 0.15) is 5.82 Å². The third-order valence-corrected chi connectivity index (χ3v) is 6.04. The Kier molecular flexibility index (Phi) is 6.42. The SMILES string of the molecule is [Ni+3].[c-]1cc2ccccc2cc1N1C=CN(CCCN2C=CN(c3cc4ccccc4cn3)[CH-]2)[CH-]1. The Bertz CT molecular complexity index is 1250. The summed E-state index contributed by atoms with van der Waals surface area (Å²) in [6.45, 7) is 6.14. The molecule has 0 saturated heterocycles. The van der Waals surface area contributed by atoms with Gasteiger partial charge in [0.25, 0.3) is 0 Å². The van der Waals surface area contributed by atoms with Gasteiger partial charge in [-0.05, 0) is 55.8 Å². The van der Waals surface area contributed by atoms with Crippen LogP contribution in [0.1, 0.15) is 6.42 Å². The van der Waals surface area contributed by atoms with E-state index in [0.717, 1.165) is 36.4 Å². The fourth-order valence-corrected chi connectivity index (χ4v) is 4.24. The molecule has 6 rings (SSSR count). The Labute approximate surface area is 210 Å². The van der Waals surface area contributed by atoms with Gasteiger partial charge in [-0.3, -0.25) is 0 Å². The molecule has 1 aromatic heterocycles. The van der Waals surface area contributed by atoms with Crippen molar-refractivity contribution in [2.45, 2.75) is 6.42 Å². The van der Waals surface area contributed by atoms with Crippen molar-refractivity contribution in [3.8, 4) is 0 Å². The first-order chi connectivity index (χ1) is 16.3. The van der Waals surface area contributed by atoms with Crippen LogP contribution >= 0.6 is 0 Å². The average molecular weight is 489 g/mol. The van der Waals surface area contributed by atoms with Crippen LogP contribution < -0.4 is 9.80 Å². The summed E-state index contributed by atoms with van der Waals surface area (Å²) in [5, 5.41) is 4.80. The van der Waals surface area contributed by atoms with Crippen LogP contribution in [0.25, 0.3) is 21.5 Å². The molecule has 171 valence electrons. The predicted octanol–water partition coefficient (Wildman–Crippen LogP) is 5.70. The Morgan fingerprint density at radius 3 is 2.09 bits per heavy atom. The standard InChI is InChI=1S/C28H24N5.Ni/c1-2-7-24-18-27(11-10-23(24)6-1)32-16-14-30(21-32)12-5-13-31-15-17-33(22-31)28-19-25-8-3-4-9-26(25)20-29-28;/h1-4,6-10,14-22H,5,12-13H2;/q-3;+3. The summed E-state index contributed by atoms with van der Waals surface area (Å²) in [6.07, 6.45) is 11.4. The van der Waals surface area contributed by atoms with Crippen LogP contribution in [0, 0.1) is 19.4 Å². The number of hydrogen-bond donors (Lipinski definition) is 0. The number of hydrogen-bond acceptors (Lipinski definition) is 5. The zero-order chi connectivity index (χ0) is 22.0. The molecule has 0 fully saturated rings. The minimum absolute atomic E-state index is 0. The zero-order valence-corrected chi connectivity index (χ0v) is 19.6. The van der Waals surface area contributed by atoms with Crippen LogP contribution in [0.15, 0.2) is 97.7 Å². The quantitative estimate of drug-likeness (QED) is 0.256. The number of benzene rings is 3. The van der Waals surface area contributed by atoms with Crippen molar-refractivity contribution in [3.05, 3.63) is 117 Å². The van der Waals surface area contributed by atoms with E-state index in [4.69, 9.17) is 0 Å².